The first-order chi connectivity index (χ1) is 16.8. The van der Waals surface area contributed by atoms with Crippen LogP contribution in [-0.4, -0.2) is 37.8 Å². The van der Waals surface area contributed by atoms with E-state index in [1.165, 1.54) is 11.3 Å². The van der Waals surface area contributed by atoms with Gasteiger partial charge in [-0.3, -0.25) is 9.36 Å². The summed E-state index contributed by atoms with van der Waals surface area (Å²) >= 11 is 1.31. The summed E-state index contributed by atoms with van der Waals surface area (Å²) in [7, 11) is 3.97. The molecule has 0 saturated carbocycles. The number of allylic oxidation sites excluding steroid dienone is 1. The van der Waals surface area contributed by atoms with E-state index >= 15 is 0 Å². The Balaban J connectivity index is 1.87. The maximum atomic E-state index is 13.7. The molecule has 8 heteroatoms. The minimum Gasteiger partial charge on any atom is -0.494 e. The number of hydrogen-bond acceptors (Lipinski definition) is 7. The maximum Gasteiger partial charge on any atom is 0.338 e. The van der Waals surface area contributed by atoms with E-state index in [0.29, 0.717) is 27.2 Å². The molecule has 1 aliphatic rings. The molecule has 0 spiro atoms. The number of thiazole rings is 1. The molecule has 0 N–H and O–H groups in total. The van der Waals surface area contributed by atoms with E-state index in [1.807, 2.05) is 80.5 Å². The lowest BCUT2D eigenvalue weighted by Gasteiger charge is -2.24. The molecule has 0 amide bonds. The van der Waals surface area contributed by atoms with Gasteiger partial charge in [0.2, 0.25) is 0 Å². The van der Waals surface area contributed by atoms with E-state index in [2.05, 4.69) is 4.99 Å². The van der Waals surface area contributed by atoms with Gasteiger partial charge in [0.15, 0.2) is 4.80 Å². The van der Waals surface area contributed by atoms with Gasteiger partial charge in [0.05, 0.1) is 35.1 Å². The van der Waals surface area contributed by atoms with Crippen LogP contribution in [0.15, 0.2) is 69.6 Å². The van der Waals surface area contributed by atoms with E-state index in [1.54, 1.807) is 18.4 Å². The van der Waals surface area contributed by atoms with E-state index < -0.39 is 12.0 Å². The van der Waals surface area contributed by atoms with Gasteiger partial charge < -0.3 is 14.4 Å². The van der Waals surface area contributed by atoms with Gasteiger partial charge in [-0.05, 0) is 62.2 Å². The first-order valence-electron chi connectivity index (χ1n) is 11.5. The highest BCUT2D eigenvalue weighted by Crippen LogP contribution is 2.31. The summed E-state index contributed by atoms with van der Waals surface area (Å²) in [5, 5.41) is 0. The average Bonchev–Trinajstić information content (AvgIpc) is 3.13. The van der Waals surface area contributed by atoms with E-state index in [-0.39, 0.29) is 12.2 Å². The van der Waals surface area contributed by atoms with Gasteiger partial charge in [-0.25, -0.2) is 9.79 Å². The number of esters is 1. The first kappa shape index (κ1) is 24.5. The number of carbonyl (C=O) groups excluding carboxylic acids is 1. The van der Waals surface area contributed by atoms with Crippen LogP contribution in [-0.2, 0) is 9.53 Å². The lowest BCUT2D eigenvalue weighted by atomic mass is 9.96. The van der Waals surface area contributed by atoms with Gasteiger partial charge in [0, 0.05) is 19.8 Å². The number of hydrogen-bond donors (Lipinski definition) is 0. The number of carbonyl (C=O) groups is 1. The Morgan fingerprint density at radius 1 is 1.09 bits per heavy atom. The average molecular weight is 492 g/mol. The standard InChI is InChI=1S/C27H29N3O4S/c1-6-33-21-14-10-19(11-15-21)24-23(26(32)34-7-2)17(3)28-27-30(24)25(31)22(35-27)16-18-8-12-20(13-9-18)29(4)5/h8-16,24H,6-7H2,1-5H3. The van der Waals surface area contributed by atoms with Crippen molar-refractivity contribution in [2.45, 2.75) is 26.8 Å². The number of nitrogens with zero attached hydrogens (tertiary/aromatic N) is 3. The molecule has 2 aromatic carbocycles. The van der Waals surface area contributed by atoms with Crippen molar-refractivity contribution in [1.29, 1.82) is 0 Å². The summed E-state index contributed by atoms with van der Waals surface area (Å²) < 4.78 is 13.1. The normalized spacial score (nSPS) is 15.5. The lowest BCUT2D eigenvalue weighted by molar-refractivity contribution is -0.139. The zero-order chi connectivity index (χ0) is 25.1. The minimum absolute atomic E-state index is 0.196. The quantitative estimate of drug-likeness (QED) is 0.475. The number of fused-ring (bicyclic) bond motifs is 1. The van der Waals surface area contributed by atoms with Crippen molar-refractivity contribution in [3.8, 4) is 5.75 Å². The highest BCUT2D eigenvalue weighted by atomic mass is 32.1. The van der Waals surface area contributed by atoms with Crippen molar-refractivity contribution in [3.63, 3.8) is 0 Å². The molecular formula is C27H29N3O4S. The third kappa shape index (κ3) is 4.93. The van der Waals surface area contributed by atoms with Gasteiger partial charge in [0.1, 0.15) is 5.75 Å². The molecule has 1 aliphatic heterocycles. The molecule has 182 valence electrons. The lowest BCUT2D eigenvalue weighted by Crippen LogP contribution is -2.39. The highest BCUT2D eigenvalue weighted by Gasteiger charge is 2.33. The molecular weight excluding hydrogens is 462 g/mol. The minimum atomic E-state index is -0.640. The number of anilines is 1. The van der Waals surface area contributed by atoms with Crippen LogP contribution in [0, 0.1) is 0 Å². The molecule has 1 unspecified atom stereocenters. The molecule has 0 fully saturated rings. The van der Waals surface area contributed by atoms with Crippen LogP contribution < -0.4 is 24.5 Å². The molecule has 35 heavy (non-hydrogen) atoms. The summed E-state index contributed by atoms with van der Waals surface area (Å²) in [5.41, 5.74) is 3.50. The SMILES string of the molecule is CCOC(=O)C1=C(C)N=c2sc(=Cc3ccc(N(C)C)cc3)c(=O)n2C1c1ccc(OCC)cc1. The van der Waals surface area contributed by atoms with Gasteiger partial charge in [-0.15, -0.1) is 0 Å². The van der Waals surface area contributed by atoms with E-state index in [0.717, 1.165) is 22.6 Å². The summed E-state index contributed by atoms with van der Waals surface area (Å²) in [6, 6.07) is 14.8. The number of ether oxygens (including phenoxy) is 2. The molecule has 4 rings (SSSR count). The Labute approximate surface area is 208 Å². The molecule has 0 radical (unpaired) electrons. The van der Waals surface area contributed by atoms with Crippen molar-refractivity contribution in [1.82, 2.24) is 4.57 Å². The predicted molar refractivity (Wildman–Crippen MR) is 139 cm³/mol. The Hall–Kier alpha value is -3.65. The third-order valence-electron chi connectivity index (χ3n) is 5.73. The molecule has 1 aromatic heterocycles. The Morgan fingerprint density at radius 3 is 2.37 bits per heavy atom. The Morgan fingerprint density at radius 2 is 1.77 bits per heavy atom. The van der Waals surface area contributed by atoms with Crippen LogP contribution >= 0.6 is 11.3 Å². The van der Waals surface area contributed by atoms with Crippen molar-refractivity contribution in [2.24, 2.45) is 4.99 Å². The third-order valence-corrected chi connectivity index (χ3v) is 6.71. The number of aromatic nitrogens is 1. The van der Waals surface area contributed by atoms with E-state index in [9.17, 15) is 9.59 Å². The first-order valence-corrected chi connectivity index (χ1v) is 12.4. The van der Waals surface area contributed by atoms with Crippen LogP contribution in [0.3, 0.4) is 0 Å². The molecule has 3 aromatic rings. The van der Waals surface area contributed by atoms with E-state index in [4.69, 9.17) is 9.47 Å². The zero-order valence-electron chi connectivity index (χ0n) is 20.6. The predicted octanol–water partition coefficient (Wildman–Crippen LogP) is 3.26. The van der Waals surface area contributed by atoms with Crippen LogP contribution in [0.2, 0.25) is 0 Å². The van der Waals surface area contributed by atoms with Crippen molar-refractivity contribution >= 4 is 29.1 Å². The molecule has 1 atom stereocenters. The van der Waals surface area contributed by atoms with Gasteiger partial charge in [-0.1, -0.05) is 35.6 Å². The highest BCUT2D eigenvalue weighted by molar-refractivity contribution is 7.07. The monoisotopic (exact) mass is 491 g/mol. The summed E-state index contributed by atoms with van der Waals surface area (Å²) in [6.45, 7) is 6.25. The van der Waals surface area contributed by atoms with Gasteiger partial charge in [0.25, 0.3) is 5.56 Å². The summed E-state index contributed by atoms with van der Waals surface area (Å²) in [4.78, 5) is 33.8. The molecule has 0 saturated heterocycles. The topological polar surface area (TPSA) is 73.1 Å². The second-order valence-corrected chi connectivity index (χ2v) is 9.30. The zero-order valence-corrected chi connectivity index (χ0v) is 21.4. The van der Waals surface area contributed by atoms with Crippen LogP contribution in [0.4, 0.5) is 5.69 Å². The number of benzene rings is 2. The van der Waals surface area contributed by atoms with Gasteiger partial charge >= 0.3 is 5.97 Å². The van der Waals surface area contributed by atoms with Crippen LogP contribution in [0.25, 0.3) is 6.08 Å². The van der Waals surface area contributed by atoms with Crippen LogP contribution in [0.5, 0.6) is 5.75 Å². The summed E-state index contributed by atoms with van der Waals surface area (Å²) in [6.07, 6.45) is 1.86. The maximum absolute atomic E-state index is 13.7. The van der Waals surface area contributed by atoms with Crippen LogP contribution in [0.1, 0.15) is 37.9 Å². The van der Waals surface area contributed by atoms with Crippen molar-refractivity contribution < 1.29 is 14.3 Å². The largest absolute Gasteiger partial charge is 0.494 e. The fourth-order valence-corrected chi connectivity index (χ4v) is 5.09. The summed E-state index contributed by atoms with van der Waals surface area (Å²) in [5.74, 6) is 0.254. The molecule has 7 nitrogen and oxygen atoms in total. The second-order valence-electron chi connectivity index (χ2n) is 8.29. The fourth-order valence-electron chi connectivity index (χ4n) is 4.04. The number of rotatable bonds is 7. The van der Waals surface area contributed by atoms with Crippen molar-refractivity contribution in [3.05, 3.63) is 90.6 Å². The molecule has 2 heterocycles. The fraction of sp³-hybridized carbons (Fsp3) is 0.296. The van der Waals surface area contributed by atoms with Crippen molar-refractivity contribution in [2.75, 3.05) is 32.2 Å². The molecule has 0 bridgehead atoms. The smallest absolute Gasteiger partial charge is 0.338 e. The second kappa shape index (κ2) is 10.3. The molecule has 0 aliphatic carbocycles. The van der Waals surface area contributed by atoms with Gasteiger partial charge in [-0.2, -0.15) is 0 Å². The Bertz CT molecular complexity index is 1430. The Kier molecular flexibility index (Phi) is 7.21.